The Labute approximate surface area is 124 Å². The summed E-state index contributed by atoms with van der Waals surface area (Å²) < 4.78 is 5.95. The number of benzene rings is 1. The Bertz CT molecular complexity index is 636. The van der Waals surface area contributed by atoms with Crippen LogP contribution in [0.25, 0.3) is 0 Å². The number of hydrogen-bond acceptors (Lipinski definition) is 5. The van der Waals surface area contributed by atoms with Crippen molar-refractivity contribution in [3.63, 3.8) is 0 Å². The first-order valence-electron chi connectivity index (χ1n) is 6.91. The third-order valence-corrected chi connectivity index (χ3v) is 3.05. The number of hydrogen-bond donors (Lipinski definition) is 1. The number of nitrogens with one attached hydrogen (secondary N) is 1. The first kappa shape index (κ1) is 14.8. The number of anilines is 1. The second-order valence-corrected chi connectivity index (χ2v) is 4.71. The molecular formula is C16H18N4O. The van der Waals surface area contributed by atoms with E-state index in [4.69, 9.17) is 10.00 Å². The predicted octanol–water partition coefficient (Wildman–Crippen LogP) is 2.93. The van der Waals surface area contributed by atoms with Crippen molar-refractivity contribution in [2.75, 3.05) is 11.9 Å². The van der Waals surface area contributed by atoms with Crippen molar-refractivity contribution in [2.45, 2.75) is 26.4 Å². The molecule has 21 heavy (non-hydrogen) atoms. The lowest BCUT2D eigenvalue weighted by Gasteiger charge is -2.19. The molecule has 5 nitrogen and oxygen atoms in total. The first-order chi connectivity index (χ1) is 10.2. The highest BCUT2D eigenvalue weighted by molar-refractivity contribution is 5.46. The summed E-state index contributed by atoms with van der Waals surface area (Å²) in [6.45, 7) is 4.66. The summed E-state index contributed by atoms with van der Waals surface area (Å²) in [4.78, 5) is 8.09. The second kappa shape index (κ2) is 7.25. The smallest absolute Gasteiger partial charge is 0.182 e. The van der Waals surface area contributed by atoms with Crippen molar-refractivity contribution in [1.82, 2.24) is 9.97 Å². The zero-order valence-corrected chi connectivity index (χ0v) is 12.2. The molecule has 0 saturated carbocycles. The third-order valence-electron chi connectivity index (χ3n) is 3.05. The SMILES string of the molecule is CCC(CNc1nccnc1C#N)Oc1cccc(C)c1. The van der Waals surface area contributed by atoms with Gasteiger partial charge in [-0.15, -0.1) is 0 Å². The Kier molecular flexibility index (Phi) is 5.10. The molecule has 2 rings (SSSR count). The Hall–Kier alpha value is -2.61. The van der Waals surface area contributed by atoms with E-state index in [1.807, 2.05) is 37.3 Å². The molecule has 0 saturated heterocycles. The molecule has 2 aromatic rings. The fourth-order valence-corrected chi connectivity index (χ4v) is 1.91. The van der Waals surface area contributed by atoms with Crippen molar-refractivity contribution in [3.05, 3.63) is 47.9 Å². The molecule has 1 aromatic carbocycles. The molecule has 1 unspecified atom stereocenters. The molecule has 0 spiro atoms. The summed E-state index contributed by atoms with van der Waals surface area (Å²) >= 11 is 0. The maximum atomic E-state index is 8.98. The van der Waals surface area contributed by atoms with E-state index in [1.165, 1.54) is 6.20 Å². The van der Waals surface area contributed by atoms with Crippen LogP contribution in [0.3, 0.4) is 0 Å². The van der Waals surface area contributed by atoms with Crippen LogP contribution in [0.15, 0.2) is 36.7 Å². The topological polar surface area (TPSA) is 70.8 Å². The molecule has 0 aliphatic carbocycles. The van der Waals surface area contributed by atoms with Gasteiger partial charge >= 0.3 is 0 Å². The first-order valence-corrected chi connectivity index (χ1v) is 6.91. The zero-order valence-electron chi connectivity index (χ0n) is 12.2. The molecule has 0 amide bonds. The van der Waals surface area contributed by atoms with Crippen LogP contribution in [0.4, 0.5) is 5.82 Å². The Morgan fingerprint density at radius 2 is 2.14 bits per heavy atom. The van der Waals surface area contributed by atoms with E-state index in [0.29, 0.717) is 18.1 Å². The molecule has 0 radical (unpaired) electrons. The maximum Gasteiger partial charge on any atom is 0.182 e. The molecule has 1 N–H and O–H groups in total. The number of ether oxygens (including phenoxy) is 1. The average molecular weight is 282 g/mol. The van der Waals surface area contributed by atoms with Gasteiger partial charge in [-0.1, -0.05) is 19.1 Å². The number of nitrogens with zero attached hydrogens (tertiary/aromatic N) is 3. The van der Waals surface area contributed by atoms with Crippen LogP contribution < -0.4 is 10.1 Å². The lowest BCUT2D eigenvalue weighted by Crippen LogP contribution is -2.26. The van der Waals surface area contributed by atoms with Crippen molar-refractivity contribution < 1.29 is 4.74 Å². The van der Waals surface area contributed by atoms with Crippen LogP contribution in [0.1, 0.15) is 24.6 Å². The summed E-state index contributed by atoms with van der Waals surface area (Å²) in [5.74, 6) is 1.34. The van der Waals surface area contributed by atoms with E-state index < -0.39 is 0 Å². The summed E-state index contributed by atoms with van der Waals surface area (Å²) in [5, 5.41) is 12.1. The highest BCUT2D eigenvalue weighted by Crippen LogP contribution is 2.16. The highest BCUT2D eigenvalue weighted by Gasteiger charge is 2.10. The lowest BCUT2D eigenvalue weighted by molar-refractivity contribution is 0.210. The third kappa shape index (κ3) is 4.18. The normalized spacial score (nSPS) is 11.5. The molecular weight excluding hydrogens is 264 g/mol. The largest absolute Gasteiger partial charge is 0.489 e. The minimum atomic E-state index is 0.000323. The lowest BCUT2D eigenvalue weighted by atomic mass is 10.2. The van der Waals surface area contributed by atoms with Crippen LogP contribution in [0.2, 0.25) is 0 Å². The van der Waals surface area contributed by atoms with Gasteiger partial charge in [0, 0.05) is 12.4 Å². The minimum Gasteiger partial charge on any atom is -0.489 e. The number of rotatable bonds is 6. The van der Waals surface area contributed by atoms with Gasteiger partial charge in [-0.2, -0.15) is 5.26 Å². The molecule has 1 heterocycles. The molecule has 0 fully saturated rings. The molecule has 0 aliphatic rings. The van der Waals surface area contributed by atoms with Crippen LogP contribution in [-0.2, 0) is 0 Å². The van der Waals surface area contributed by atoms with Gasteiger partial charge in [0.2, 0.25) is 0 Å². The fourth-order valence-electron chi connectivity index (χ4n) is 1.91. The van der Waals surface area contributed by atoms with Crippen LogP contribution in [0.5, 0.6) is 5.75 Å². The van der Waals surface area contributed by atoms with Gasteiger partial charge in [-0.05, 0) is 31.0 Å². The number of nitriles is 1. The van der Waals surface area contributed by atoms with Gasteiger partial charge in [0.15, 0.2) is 11.5 Å². The van der Waals surface area contributed by atoms with Gasteiger partial charge in [0.25, 0.3) is 0 Å². The highest BCUT2D eigenvalue weighted by atomic mass is 16.5. The molecule has 1 atom stereocenters. The van der Waals surface area contributed by atoms with E-state index in [1.54, 1.807) is 6.20 Å². The van der Waals surface area contributed by atoms with Crippen molar-refractivity contribution >= 4 is 5.82 Å². The van der Waals surface area contributed by atoms with Gasteiger partial charge in [0.1, 0.15) is 17.9 Å². The van der Waals surface area contributed by atoms with Gasteiger partial charge in [0.05, 0.1) is 6.54 Å². The van der Waals surface area contributed by atoms with Gasteiger partial charge in [-0.3, -0.25) is 0 Å². The standard InChI is InChI=1S/C16H18N4O/c1-3-13(21-14-6-4-5-12(2)9-14)11-20-16-15(10-17)18-7-8-19-16/h4-9,13H,3,11H2,1-2H3,(H,19,20). The predicted molar refractivity (Wildman–Crippen MR) is 81.1 cm³/mol. The average Bonchev–Trinajstić information content (AvgIpc) is 2.51. The van der Waals surface area contributed by atoms with Gasteiger partial charge < -0.3 is 10.1 Å². The van der Waals surface area contributed by atoms with Crippen molar-refractivity contribution in [3.8, 4) is 11.8 Å². The second-order valence-electron chi connectivity index (χ2n) is 4.71. The van der Waals surface area contributed by atoms with Crippen LogP contribution in [0, 0.1) is 18.3 Å². The van der Waals surface area contributed by atoms with Crippen molar-refractivity contribution in [1.29, 1.82) is 5.26 Å². The van der Waals surface area contributed by atoms with Crippen LogP contribution >= 0.6 is 0 Å². The molecule has 1 aromatic heterocycles. The van der Waals surface area contributed by atoms with Gasteiger partial charge in [-0.25, -0.2) is 9.97 Å². The Balaban J connectivity index is 1.98. The fraction of sp³-hybridized carbons (Fsp3) is 0.312. The van der Waals surface area contributed by atoms with E-state index in [9.17, 15) is 0 Å². The quantitative estimate of drug-likeness (QED) is 0.882. The van der Waals surface area contributed by atoms with E-state index in [2.05, 4.69) is 22.2 Å². The molecule has 108 valence electrons. The maximum absolute atomic E-state index is 8.98. The summed E-state index contributed by atoms with van der Waals surface area (Å²) in [6.07, 6.45) is 3.92. The molecule has 5 heteroatoms. The van der Waals surface area contributed by atoms with E-state index >= 15 is 0 Å². The molecule has 0 aliphatic heterocycles. The number of aryl methyl sites for hydroxylation is 1. The number of aromatic nitrogens is 2. The summed E-state index contributed by atoms with van der Waals surface area (Å²) in [5.41, 5.74) is 1.46. The molecule has 0 bridgehead atoms. The summed E-state index contributed by atoms with van der Waals surface area (Å²) in [6, 6.07) is 9.97. The minimum absolute atomic E-state index is 0.000323. The Morgan fingerprint density at radius 3 is 2.86 bits per heavy atom. The zero-order chi connectivity index (χ0) is 15.1. The monoisotopic (exact) mass is 282 g/mol. The summed E-state index contributed by atoms with van der Waals surface area (Å²) in [7, 11) is 0. The van der Waals surface area contributed by atoms with Crippen LogP contribution in [-0.4, -0.2) is 22.6 Å². The van der Waals surface area contributed by atoms with Crippen molar-refractivity contribution in [2.24, 2.45) is 0 Å². The van der Waals surface area contributed by atoms with E-state index in [0.717, 1.165) is 17.7 Å². The van der Waals surface area contributed by atoms with E-state index in [-0.39, 0.29) is 6.10 Å². The Morgan fingerprint density at radius 1 is 1.33 bits per heavy atom.